The van der Waals surface area contributed by atoms with Crippen molar-refractivity contribution in [3.05, 3.63) is 71.8 Å². The van der Waals surface area contributed by atoms with E-state index in [4.69, 9.17) is 18.9 Å². The molecule has 36 heavy (non-hydrogen) atoms. The Morgan fingerprint density at radius 3 is 2.78 bits per heavy atom. The smallest absolute Gasteiger partial charge is 0.161 e. The summed E-state index contributed by atoms with van der Waals surface area (Å²) in [6.07, 6.45) is 4.66. The van der Waals surface area contributed by atoms with Crippen LogP contribution in [-0.4, -0.2) is 71.8 Å². The van der Waals surface area contributed by atoms with Gasteiger partial charge in [0.05, 0.1) is 26.9 Å². The number of imidazole rings is 1. The Morgan fingerprint density at radius 2 is 2.00 bits per heavy atom. The van der Waals surface area contributed by atoms with Gasteiger partial charge in [-0.3, -0.25) is 4.90 Å². The van der Waals surface area contributed by atoms with E-state index in [0.717, 1.165) is 48.0 Å². The third-order valence-electron chi connectivity index (χ3n) is 6.30. The minimum absolute atomic E-state index is 0.167. The predicted molar refractivity (Wildman–Crippen MR) is 138 cm³/mol. The number of nitrogens with zero attached hydrogens (tertiary/aromatic N) is 3. The van der Waals surface area contributed by atoms with Gasteiger partial charge in [-0.15, -0.1) is 0 Å². The van der Waals surface area contributed by atoms with Gasteiger partial charge in [-0.25, -0.2) is 4.98 Å². The van der Waals surface area contributed by atoms with Crippen molar-refractivity contribution in [2.45, 2.75) is 39.0 Å². The van der Waals surface area contributed by atoms with Crippen LogP contribution in [0.15, 0.2) is 54.9 Å². The van der Waals surface area contributed by atoms with Crippen molar-refractivity contribution in [2.24, 2.45) is 0 Å². The number of aliphatic hydroxyl groups is 1. The molecule has 0 bridgehead atoms. The summed E-state index contributed by atoms with van der Waals surface area (Å²) in [6.45, 7) is 8.23. The summed E-state index contributed by atoms with van der Waals surface area (Å²) in [5, 5.41) is 11.3. The Hall–Kier alpha value is -3.07. The maximum atomic E-state index is 11.3. The van der Waals surface area contributed by atoms with E-state index in [2.05, 4.69) is 14.5 Å². The first kappa shape index (κ1) is 26.0. The van der Waals surface area contributed by atoms with Crippen LogP contribution < -0.4 is 14.2 Å². The van der Waals surface area contributed by atoms with Crippen LogP contribution in [0.5, 0.6) is 17.2 Å². The lowest BCUT2D eigenvalue weighted by atomic mass is 10.1. The first-order valence-corrected chi connectivity index (χ1v) is 12.4. The van der Waals surface area contributed by atoms with Gasteiger partial charge in [0.2, 0.25) is 0 Å². The van der Waals surface area contributed by atoms with Crippen molar-refractivity contribution in [3.63, 3.8) is 0 Å². The van der Waals surface area contributed by atoms with Gasteiger partial charge in [0.1, 0.15) is 23.8 Å². The molecule has 1 saturated heterocycles. The average Bonchev–Trinajstić information content (AvgIpc) is 3.18. The number of hydrogen-bond donors (Lipinski definition) is 1. The van der Waals surface area contributed by atoms with Gasteiger partial charge >= 0.3 is 0 Å². The summed E-state index contributed by atoms with van der Waals surface area (Å²) in [4.78, 5) is 6.45. The molecule has 1 N–H and O–H groups in total. The predicted octanol–water partition coefficient (Wildman–Crippen LogP) is 3.62. The number of β-amino-alcohol motifs (C(OH)–C–C–N with tert-alkyl or cyclic N) is 1. The minimum Gasteiger partial charge on any atom is -0.493 e. The van der Waals surface area contributed by atoms with E-state index in [9.17, 15) is 5.11 Å². The molecule has 1 atom stereocenters. The van der Waals surface area contributed by atoms with Crippen LogP contribution in [0.25, 0.3) is 0 Å². The van der Waals surface area contributed by atoms with Crippen molar-refractivity contribution >= 4 is 0 Å². The van der Waals surface area contributed by atoms with Crippen molar-refractivity contribution in [2.75, 3.05) is 46.6 Å². The highest BCUT2D eigenvalue weighted by molar-refractivity contribution is 5.43. The lowest BCUT2D eigenvalue weighted by molar-refractivity contribution is -0.0646. The number of benzene rings is 2. The van der Waals surface area contributed by atoms with E-state index < -0.39 is 5.60 Å². The third kappa shape index (κ3) is 7.22. The Balaban J connectivity index is 1.35. The summed E-state index contributed by atoms with van der Waals surface area (Å²) in [6, 6.07) is 13.8. The van der Waals surface area contributed by atoms with E-state index in [-0.39, 0.29) is 13.2 Å². The molecule has 0 amide bonds. The van der Waals surface area contributed by atoms with Gasteiger partial charge in [-0.2, -0.15) is 0 Å². The normalized spacial score (nSPS) is 18.6. The molecule has 1 unspecified atom stereocenters. The number of methoxy groups -OCH3 is 1. The highest BCUT2D eigenvalue weighted by Gasteiger charge is 2.33. The van der Waals surface area contributed by atoms with E-state index in [1.165, 1.54) is 0 Å². The summed E-state index contributed by atoms with van der Waals surface area (Å²) >= 11 is 0. The van der Waals surface area contributed by atoms with Crippen LogP contribution >= 0.6 is 0 Å². The molecule has 1 aromatic heterocycles. The minimum atomic E-state index is -1.10. The van der Waals surface area contributed by atoms with Crippen LogP contribution in [0, 0.1) is 13.8 Å². The molecule has 0 saturated carbocycles. The van der Waals surface area contributed by atoms with E-state index in [1.54, 1.807) is 7.11 Å². The molecule has 1 fully saturated rings. The van der Waals surface area contributed by atoms with Crippen LogP contribution in [0.1, 0.15) is 23.4 Å². The molecule has 0 radical (unpaired) electrons. The van der Waals surface area contributed by atoms with Crippen molar-refractivity contribution < 1.29 is 24.1 Å². The van der Waals surface area contributed by atoms with Gasteiger partial charge in [0.15, 0.2) is 11.5 Å². The van der Waals surface area contributed by atoms with Crippen LogP contribution in [0.4, 0.5) is 0 Å². The summed E-state index contributed by atoms with van der Waals surface area (Å²) in [7, 11) is 1.65. The number of aromatic nitrogens is 2. The fourth-order valence-corrected chi connectivity index (χ4v) is 4.39. The molecule has 0 spiro atoms. The molecule has 3 aromatic rings. The average molecular weight is 496 g/mol. The fourth-order valence-electron chi connectivity index (χ4n) is 4.39. The Kier molecular flexibility index (Phi) is 8.85. The zero-order valence-corrected chi connectivity index (χ0v) is 21.5. The molecule has 1 aliphatic rings. The topological polar surface area (TPSA) is 78.2 Å². The molecule has 8 nitrogen and oxygen atoms in total. The van der Waals surface area contributed by atoms with Gasteiger partial charge in [0, 0.05) is 38.6 Å². The zero-order chi connectivity index (χ0) is 25.4. The van der Waals surface area contributed by atoms with Crippen molar-refractivity contribution in [1.82, 2.24) is 14.5 Å². The lowest BCUT2D eigenvalue weighted by Gasteiger charge is -2.30. The van der Waals surface area contributed by atoms with Crippen LogP contribution in [0.3, 0.4) is 0 Å². The van der Waals surface area contributed by atoms with Gasteiger partial charge < -0.3 is 28.6 Å². The number of hydrogen-bond acceptors (Lipinski definition) is 7. The molecule has 0 aliphatic carbocycles. The van der Waals surface area contributed by atoms with Gasteiger partial charge in [-0.05, 0) is 55.7 Å². The summed E-state index contributed by atoms with van der Waals surface area (Å²) in [5.41, 5.74) is 1.10. The van der Waals surface area contributed by atoms with Gasteiger partial charge in [-0.1, -0.05) is 18.2 Å². The molecule has 194 valence electrons. The molecule has 2 heterocycles. The monoisotopic (exact) mass is 495 g/mol. The molecule has 4 rings (SSSR count). The number of ether oxygens (including phenoxy) is 4. The number of aryl methyl sites for hydroxylation is 3. The quantitative estimate of drug-likeness (QED) is 0.407. The fraction of sp³-hybridized carbons (Fsp3) is 0.464. The highest BCUT2D eigenvalue weighted by Crippen LogP contribution is 2.29. The standard InChI is InChI=1S/C28H37N3O5/c1-22-6-4-7-25(16-22)36-21-28(32)19-30(13-15-34-20-28)18-24-8-9-26(33-3)27(17-24)35-14-5-11-31-12-10-29-23(31)2/h4,6-10,12,16-17,32H,5,11,13-15,18-21H2,1-3H3. The maximum absolute atomic E-state index is 11.3. The Labute approximate surface area is 213 Å². The van der Waals surface area contributed by atoms with E-state index in [1.807, 2.05) is 68.7 Å². The maximum Gasteiger partial charge on any atom is 0.161 e. The Bertz CT molecular complexity index is 1120. The first-order chi connectivity index (χ1) is 17.4. The second-order valence-corrected chi connectivity index (χ2v) is 9.45. The Morgan fingerprint density at radius 1 is 1.11 bits per heavy atom. The highest BCUT2D eigenvalue weighted by atomic mass is 16.5. The van der Waals surface area contributed by atoms with Crippen LogP contribution in [0.2, 0.25) is 0 Å². The lowest BCUT2D eigenvalue weighted by Crippen LogP contribution is -2.48. The summed E-state index contributed by atoms with van der Waals surface area (Å²) < 4.78 is 25.4. The molecular weight excluding hydrogens is 458 g/mol. The second kappa shape index (κ2) is 12.3. The third-order valence-corrected chi connectivity index (χ3v) is 6.30. The van der Waals surface area contributed by atoms with Crippen LogP contribution in [-0.2, 0) is 17.8 Å². The van der Waals surface area contributed by atoms with E-state index in [0.29, 0.717) is 32.1 Å². The van der Waals surface area contributed by atoms with E-state index >= 15 is 0 Å². The SMILES string of the molecule is COc1ccc(CN2CCOCC(O)(COc3cccc(C)c3)C2)cc1OCCCn1ccnc1C. The summed E-state index contributed by atoms with van der Waals surface area (Å²) in [5.74, 6) is 3.18. The molecular formula is C28H37N3O5. The first-order valence-electron chi connectivity index (χ1n) is 12.4. The second-order valence-electron chi connectivity index (χ2n) is 9.45. The number of rotatable bonds is 11. The zero-order valence-electron chi connectivity index (χ0n) is 21.5. The largest absolute Gasteiger partial charge is 0.493 e. The molecule has 8 heteroatoms. The van der Waals surface area contributed by atoms with Crippen molar-refractivity contribution in [3.8, 4) is 17.2 Å². The van der Waals surface area contributed by atoms with Crippen molar-refractivity contribution in [1.29, 1.82) is 0 Å². The molecule has 1 aliphatic heterocycles. The van der Waals surface area contributed by atoms with Gasteiger partial charge in [0.25, 0.3) is 0 Å². The molecule has 2 aromatic carbocycles.